The van der Waals surface area contributed by atoms with Crippen LogP contribution < -0.4 is 10.1 Å². The van der Waals surface area contributed by atoms with Crippen molar-refractivity contribution >= 4 is 16.9 Å². The van der Waals surface area contributed by atoms with Crippen molar-refractivity contribution < 1.29 is 17.9 Å². The number of halogens is 3. The van der Waals surface area contributed by atoms with E-state index in [0.717, 1.165) is 36.7 Å². The summed E-state index contributed by atoms with van der Waals surface area (Å²) >= 11 is 0. The number of aromatic amines is 1. The molecule has 1 fully saturated rings. The maximum atomic E-state index is 13.1. The molecule has 3 aromatic rings. The Morgan fingerprint density at radius 1 is 1.33 bits per heavy atom. The fraction of sp³-hybridized carbons (Fsp3) is 0.250. The molecule has 0 radical (unpaired) electrons. The molecule has 0 aliphatic carbocycles. The number of ether oxygens (including phenoxy) is 1. The van der Waals surface area contributed by atoms with Gasteiger partial charge in [0.15, 0.2) is 0 Å². The maximum Gasteiger partial charge on any atom is 0.419 e. The summed E-state index contributed by atoms with van der Waals surface area (Å²) in [6, 6.07) is 7.06. The van der Waals surface area contributed by atoms with E-state index in [-0.39, 0.29) is 18.4 Å². The zero-order valence-electron chi connectivity index (χ0n) is 17.7. The monoisotopic (exact) mass is 453 g/mol. The Hall–Kier alpha value is -3.93. The molecule has 0 bridgehead atoms. The average Bonchev–Trinajstić information content (AvgIpc) is 3.43. The van der Waals surface area contributed by atoms with Crippen molar-refractivity contribution in [2.24, 2.45) is 0 Å². The molecule has 2 aromatic heterocycles. The minimum absolute atomic E-state index is 0.190. The Labute approximate surface area is 189 Å². The number of nitrogens with one attached hydrogen (secondary N) is 2. The number of alkyl halides is 3. The smallest absolute Gasteiger partial charge is 0.419 e. The van der Waals surface area contributed by atoms with Gasteiger partial charge in [0, 0.05) is 24.8 Å². The van der Waals surface area contributed by atoms with E-state index in [4.69, 9.17) is 4.74 Å². The molecule has 170 valence electrons. The molecule has 9 heteroatoms. The Morgan fingerprint density at radius 2 is 2.15 bits per heavy atom. The van der Waals surface area contributed by atoms with Gasteiger partial charge < -0.3 is 19.9 Å². The van der Waals surface area contributed by atoms with Crippen LogP contribution in [0.1, 0.15) is 17.7 Å². The van der Waals surface area contributed by atoms with E-state index in [0.29, 0.717) is 17.2 Å². The third-order valence-corrected chi connectivity index (χ3v) is 5.31. The molecule has 3 heterocycles. The van der Waals surface area contributed by atoms with Crippen LogP contribution in [0.3, 0.4) is 0 Å². The number of nitrogens with zero attached hydrogens (tertiary/aromatic N) is 3. The molecule has 1 saturated heterocycles. The van der Waals surface area contributed by atoms with Crippen molar-refractivity contribution in [3.8, 4) is 17.6 Å². The first-order valence-corrected chi connectivity index (χ1v) is 10.3. The molecule has 0 amide bonds. The number of para-hydroxylation sites is 1. The number of hydrogen-bond donors (Lipinski definition) is 2. The molecule has 6 nitrogen and oxygen atoms in total. The van der Waals surface area contributed by atoms with Gasteiger partial charge in [-0.2, -0.15) is 13.2 Å². The van der Waals surface area contributed by atoms with Gasteiger partial charge in [0.05, 0.1) is 16.6 Å². The van der Waals surface area contributed by atoms with Gasteiger partial charge in [-0.15, -0.1) is 0 Å². The zero-order chi connectivity index (χ0) is 23.4. The van der Waals surface area contributed by atoms with Crippen LogP contribution in [-0.2, 0) is 6.18 Å². The van der Waals surface area contributed by atoms with Gasteiger partial charge in [0.25, 0.3) is 0 Å². The second kappa shape index (κ2) is 9.28. The van der Waals surface area contributed by atoms with Crippen LogP contribution >= 0.6 is 0 Å². The summed E-state index contributed by atoms with van der Waals surface area (Å²) in [6.45, 7) is 9.25. The van der Waals surface area contributed by atoms with Gasteiger partial charge >= 0.3 is 6.18 Å². The molecule has 0 unspecified atom stereocenters. The number of likely N-dealkylation sites (tertiary alicyclic amines) is 1. The number of hydrogen-bond acceptors (Lipinski definition) is 5. The van der Waals surface area contributed by atoms with Crippen molar-refractivity contribution in [3.63, 3.8) is 0 Å². The molecule has 33 heavy (non-hydrogen) atoms. The number of aromatic nitrogens is 3. The first kappa shape index (κ1) is 22.3. The zero-order valence-corrected chi connectivity index (χ0v) is 17.7. The van der Waals surface area contributed by atoms with E-state index >= 15 is 0 Å². The number of rotatable bonds is 6. The standard InChI is InChI=1S/C24H22F3N5O/c1-3-16(2)32-11-10-18(14-32)31-23-19-13-17(30-22(19)28-15-29-23)7-6-12-33-21-9-5-4-8-20(21)24(25,26)27/h3-5,8-9,13,15,18H,1-2,10-12,14H2,(H2,28,29,30,31)/t18-/m1/s1. The maximum absolute atomic E-state index is 13.1. The van der Waals surface area contributed by atoms with Crippen molar-refractivity contribution in [2.45, 2.75) is 18.6 Å². The van der Waals surface area contributed by atoms with Gasteiger partial charge in [0.2, 0.25) is 0 Å². The van der Waals surface area contributed by atoms with Crippen LogP contribution in [0, 0.1) is 11.8 Å². The topological polar surface area (TPSA) is 66.1 Å². The molecule has 1 aliphatic rings. The number of anilines is 1. The second-order valence-corrected chi connectivity index (χ2v) is 7.52. The highest BCUT2D eigenvalue weighted by atomic mass is 19.4. The quantitative estimate of drug-likeness (QED) is 0.422. The van der Waals surface area contributed by atoms with E-state index in [1.807, 2.05) is 6.07 Å². The van der Waals surface area contributed by atoms with E-state index in [9.17, 15) is 13.2 Å². The minimum Gasteiger partial charge on any atom is -0.480 e. The van der Waals surface area contributed by atoms with E-state index in [2.05, 4.69) is 50.2 Å². The lowest BCUT2D eigenvalue weighted by Gasteiger charge is -2.19. The molecular weight excluding hydrogens is 431 g/mol. The SMILES string of the molecule is C=CC(=C)N1CC[C@@H](Nc2ncnc3[nH]c(C#CCOc4ccccc4C(F)(F)F)cc23)C1. The van der Waals surface area contributed by atoms with Crippen molar-refractivity contribution in [3.05, 3.63) is 72.8 Å². The molecule has 0 saturated carbocycles. The fourth-order valence-corrected chi connectivity index (χ4v) is 3.66. The summed E-state index contributed by atoms with van der Waals surface area (Å²) < 4.78 is 44.4. The number of benzene rings is 1. The lowest BCUT2D eigenvalue weighted by molar-refractivity contribution is -0.138. The predicted octanol–water partition coefficient (Wildman–Crippen LogP) is 4.59. The summed E-state index contributed by atoms with van der Waals surface area (Å²) in [6.07, 6.45) is -0.344. The molecule has 0 spiro atoms. The fourth-order valence-electron chi connectivity index (χ4n) is 3.66. The largest absolute Gasteiger partial charge is 0.480 e. The van der Waals surface area contributed by atoms with E-state index < -0.39 is 11.7 Å². The van der Waals surface area contributed by atoms with Crippen LogP contribution in [0.25, 0.3) is 11.0 Å². The average molecular weight is 453 g/mol. The van der Waals surface area contributed by atoms with Crippen LogP contribution in [0.15, 0.2) is 61.6 Å². The van der Waals surface area contributed by atoms with Crippen LogP contribution in [0.2, 0.25) is 0 Å². The first-order valence-electron chi connectivity index (χ1n) is 10.3. The second-order valence-electron chi connectivity index (χ2n) is 7.52. The van der Waals surface area contributed by atoms with Crippen LogP contribution in [-0.4, -0.2) is 45.6 Å². The normalized spacial score (nSPS) is 15.7. The Bertz CT molecular complexity index is 1240. The molecule has 2 N–H and O–H groups in total. The highest BCUT2D eigenvalue weighted by Gasteiger charge is 2.33. The lowest BCUT2D eigenvalue weighted by atomic mass is 10.2. The van der Waals surface area contributed by atoms with Gasteiger partial charge in [-0.3, -0.25) is 0 Å². The van der Waals surface area contributed by atoms with Gasteiger partial charge in [-0.1, -0.05) is 31.2 Å². The first-order chi connectivity index (χ1) is 15.8. The summed E-state index contributed by atoms with van der Waals surface area (Å²) in [5.74, 6) is 6.06. The minimum atomic E-state index is -4.49. The third kappa shape index (κ3) is 5.12. The predicted molar refractivity (Wildman–Crippen MR) is 121 cm³/mol. The van der Waals surface area contributed by atoms with Gasteiger partial charge in [-0.05, 0) is 36.6 Å². The van der Waals surface area contributed by atoms with Crippen molar-refractivity contribution in [2.75, 3.05) is 25.0 Å². The number of H-pyrrole nitrogens is 1. The Morgan fingerprint density at radius 3 is 2.94 bits per heavy atom. The Kier molecular flexibility index (Phi) is 6.27. The van der Waals surface area contributed by atoms with E-state index in [1.54, 1.807) is 6.08 Å². The van der Waals surface area contributed by atoms with Crippen LogP contribution in [0.5, 0.6) is 5.75 Å². The van der Waals surface area contributed by atoms with Crippen molar-refractivity contribution in [1.29, 1.82) is 0 Å². The van der Waals surface area contributed by atoms with Crippen molar-refractivity contribution in [1.82, 2.24) is 19.9 Å². The summed E-state index contributed by atoms with van der Waals surface area (Å²) in [4.78, 5) is 13.9. The molecule has 1 aromatic carbocycles. The lowest BCUT2D eigenvalue weighted by Crippen LogP contribution is -2.25. The van der Waals surface area contributed by atoms with Gasteiger partial charge in [-0.25, -0.2) is 9.97 Å². The number of allylic oxidation sites excluding steroid dienone is 1. The Balaban J connectivity index is 1.44. The summed E-state index contributed by atoms with van der Waals surface area (Å²) in [7, 11) is 0. The molecule has 1 atom stereocenters. The molecule has 1 aliphatic heterocycles. The summed E-state index contributed by atoms with van der Waals surface area (Å²) in [5.41, 5.74) is 1.25. The van der Waals surface area contributed by atoms with Crippen LogP contribution in [0.4, 0.5) is 19.0 Å². The number of fused-ring (bicyclic) bond motifs is 1. The summed E-state index contributed by atoms with van der Waals surface area (Å²) in [5, 5.41) is 4.23. The van der Waals surface area contributed by atoms with Gasteiger partial charge in [0.1, 0.15) is 30.1 Å². The molecular formula is C24H22F3N5O. The highest BCUT2D eigenvalue weighted by molar-refractivity contribution is 5.88. The third-order valence-electron chi connectivity index (χ3n) is 5.31. The van der Waals surface area contributed by atoms with E-state index in [1.165, 1.54) is 24.5 Å². The molecule has 4 rings (SSSR count). The highest BCUT2D eigenvalue weighted by Crippen LogP contribution is 2.35.